The molecule has 0 heterocycles. The van der Waals surface area contributed by atoms with Crippen molar-refractivity contribution in [2.45, 2.75) is 26.2 Å². The molecule has 0 fully saturated rings. The van der Waals surface area contributed by atoms with Crippen molar-refractivity contribution in [3.8, 4) is 0 Å². The molecule has 0 aliphatic heterocycles. The van der Waals surface area contributed by atoms with Gasteiger partial charge in [-0.1, -0.05) is 11.1 Å². The van der Waals surface area contributed by atoms with E-state index in [4.69, 9.17) is 9.47 Å². The number of halogens is 2. The molecule has 0 amide bonds. The number of methoxy groups -OCH3 is 2. The average molecular weight is 336 g/mol. The van der Waals surface area contributed by atoms with E-state index in [1.165, 1.54) is 14.2 Å². The van der Waals surface area contributed by atoms with Crippen LogP contribution in [-0.2, 0) is 19.1 Å². The third-order valence-corrected chi connectivity index (χ3v) is 4.11. The van der Waals surface area contributed by atoms with Gasteiger partial charge in [0.25, 0.3) is 0 Å². The summed E-state index contributed by atoms with van der Waals surface area (Å²) in [7, 11) is 2.40. The Morgan fingerprint density at radius 2 is 1.50 bits per heavy atom. The largest absolute Gasteiger partial charge is 0.466 e. The van der Waals surface area contributed by atoms with Crippen LogP contribution in [0.3, 0.4) is 0 Å². The molecule has 0 radical (unpaired) electrons. The number of esters is 2. The molecule has 0 atom stereocenters. The van der Waals surface area contributed by atoms with E-state index in [2.05, 4.69) is 0 Å². The summed E-state index contributed by atoms with van der Waals surface area (Å²) in [6, 6.07) is 2.93. The predicted octanol–water partition coefficient (Wildman–Crippen LogP) is 3.43. The standard InChI is InChI=1S/C18H18F2O4/c1-9-7-10(2)15(18(22)24-4)16(14(9)17(21)23-3)12-8-11(19)5-6-13(12)20/h5-6,8,16H,7H2,1-4H3. The molecule has 0 saturated heterocycles. The van der Waals surface area contributed by atoms with Crippen molar-refractivity contribution >= 4 is 11.9 Å². The number of allylic oxidation sites excluding steroid dienone is 2. The summed E-state index contributed by atoms with van der Waals surface area (Å²) in [6.07, 6.45) is 0.350. The summed E-state index contributed by atoms with van der Waals surface area (Å²) in [5, 5.41) is 0. The van der Waals surface area contributed by atoms with Gasteiger partial charge in [0.05, 0.1) is 20.1 Å². The Balaban J connectivity index is 2.77. The zero-order valence-electron chi connectivity index (χ0n) is 13.9. The molecule has 0 saturated carbocycles. The van der Waals surface area contributed by atoms with Gasteiger partial charge in [0.2, 0.25) is 0 Å². The molecule has 0 unspecified atom stereocenters. The van der Waals surface area contributed by atoms with Crippen LogP contribution < -0.4 is 0 Å². The number of hydrogen-bond donors (Lipinski definition) is 0. The molecule has 6 heteroatoms. The molecule has 128 valence electrons. The lowest BCUT2D eigenvalue weighted by atomic mass is 9.75. The zero-order chi connectivity index (χ0) is 18.0. The minimum absolute atomic E-state index is 0.103. The Morgan fingerprint density at radius 1 is 1.00 bits per heavy atom. The smallest absolute Gasteiger partial charge is 0.334 e. The van der Waals surface area contributed by atoms with Gasteiger partial charge >= 0.3 is 11.9 Å². The summed E-state index contributed by atoms with van der Waals surface area (Å²) in [6.45, 7) is 3.40. The molecule has 0 bridgehead atoms. The Labute approximate surface area is 138 Å². The van der Waals surface area contributed by atoms with Gasteiger partial charge in [0, 0.05) is 16.7 Å². The first kappa shape index (κ1) is 17.8. The first-order chi connectivity index (χ1) is 11.3. The third kappa shape index (κ3) is 3.09. The summed E-state index contributed by atoms with van der Waals surface area (Å²) < 4.78 is 37.6. The SMILES string of the molecule is COC(=O)C1=C(C)CC(C)=C(C(=O)OC)C1c1cc(F)ccc1F. The molecular weight excluding hydrogens is 318 g/mol. The maximum atomic E-state index is 14.4. The fourth-order valence-electron chi connectivity index (χ4n) is 3.08. The number of carbonyl (C=O) groups is 2. The first-order valence-electron chi connectivity index (χ1n) is 7.32. The van der Waals surface area contributed by atoms with Gasteiger partial charge in [-0.2, -0.15) is 0 Å². The van der Waals surface area contributed by atoms with Gasteiger partial charge in [-0.05, 0) is 38.5 Å². The lowest BCUT2D eigenvalue weighted by Gasteiger charge is -2.29. The van der Waals surface area contributed by atoms with E-state index in [0.717, 1.165) is 18.2 Å². The van der Waals surface area contributed by atoms with Gasteiger partial charge < -0.3 is 9.47 Å². The Bertz CT molecular complexity index is 724. The summed E-state index contributed by atoms with van der Waals surface area (Å²) in [5.41, 5.74) is 1.44. The molecule has 2 rings (SSSR count). The van der Waals surface area contributed by atoms with E-state index in [0.29, 0.717) is 17.6 Å². The predicted molar refractivity (Wildman–Crippen MR) is 83.1 cm³/mol. The van der Waals surface area contributed by atoms with Crippen LogP contribution in [0.25, 0.3) is 0 Å². The molecule has 4 nitrogen and oxygen atoms in total. The molecular formula is C18H18F2O4. The van der Waals surface area contributed by atoms with Crippen molar-refractivity contribution in [2.24, 2.45) is 0 Å². The maximum absolute atomic E-state index is 14.4. The monoisotopic (exact) mass is 336 g/mol. The van der Waals surface area contributed by atoms with Gasteiger partial charge in [-0.25, -0.2) is 18.4 Å². The molecule has 24 heavy (non-hydrogen) atoms. The summed E-state index contributed by atoms with van der Waals surface area (Å²) in [5.74, 6) is -3.83. The minimum atomic E-state index is -1.07. The topological polar surface area (TPSA) is 52.6 Å². The number of ether oxygens (including phenoxy) is 2. The number of benzene rings is 1. The number of hydrogen-bond acceptors (Lipinski definition) is 4. The van der Waals surface area contributed by atoms with Crippen LogP contribution in [-0.4, -0.2) is 26.2 Å². The highest BCUT2D eigenvalue weighted by Crippen LogP contribution is 2.43. The average Bonchev–Trinajstić information content (AvgIpc) is 2.55. The minimum Gasteiger partial charge on any atom is -0.466 e. The van der Waals surface area contributed by atoms with Crippen molar-refractivity contribution in [1.82, 2.24) is 0 Å². The molecule has 0 aromatic heterocycles. The Morgan fingerprint density at radius 3 is 1.96 bits per heavy atom. The summed E-state index contributed by atoms with van der Waals surface area (Å²) in [4.78, 5) is 24.5. The van der Waals surface area contributed by atoms with Crippen molar-refractivity contribution in [3.05, 3.63) is 57.7 Å². The van der Waals surface area contributed by atoms with E-state index >= 15 is 0 Å². The van der Waals surface area contributed by atoms with E-state index in [1.54, 1.807) is 13.8 Å². The van der Waals surface area contributed by atoms with E-state index in [1.807, 2.05) is 0 Å². The van der Waals surface area contributed by atoms with Gasteiger partial charge in [0.15, 0.2) is 0 Å². The maximum Gasteiger partial charge on any atom is 0.334 e. The third-order valence-electron chi connectivity index (χ3n) is 4.11. The fourth-order valence-corrected chi connectivity index (χ4v) is 3.08. The van der Waals surface area contributed by atoms with Crippen LogP contribution in [0.4, 0.5) is 8.78 Å². The van der Waals surface area contributed by atoms with Crippen molar-refractivity contribution < 1.29 is 27.8 Å². The molecule has 1 aromatic rings. The second kappa shape index (κ2) is 6.95. The zero-order valence-corrected chi connectivity index (χ0v) is 13.9. The highest BCUT2D eigenvalue weighted by Gasteiger charge is 2.38. The number of rotatable bonds is 3. The Kier molecular flexibility index (Phi) is 5.17. The first-order valence-corrected chi connectivity index (χ1v) is 7.32. The second-order valence-corrected chi connectivity index (χ2v) is 5.65. The lowest BCUT2D eigenvalue weighted by molar-refractivity contribution is -0.137. The quantitative estimate of drug-likeness (QED) is 0.794. The van der Waals surface area contributed by atoms with Gasteiger partial charge in [-0.15, -0.1) is 0 Å². The van der Waals surface area contributed by atoms with Crippen LogP contribution in [0.1, 0.15) is 31.7 Å². The van der Waals surface area contributed by atoms with E-state index in [9.17, 15) is 18.4 Å². The highest BCUT2D eigenvalue weighted by molar-refractivity contribution is 6.00. The molecule has 0 spiro atoms. The molecule has 1 aliphatic carbocycles. The highest BCUT2D eigenvalue weighted by atomic mass is 19.1. The van der Waals surface area contributed by atoms with Crippen LogP contribution in [0, 0.1) is 11.6 Å². The van der Waals surface area contributed by atoms with Crippen molar-refractivity contribution in [1.29, 1.82) is 0 Å². The van der Waals surface area contributed by atoms with Crippen LogP contribution >= 0.6 is 0 Å². The fraction of sp³-hybridized carbons (Fsp3) is 0.333. The number of carbonyl (C=O) groups excluding carboxylic acids is 2. The molecule has 1 aromatic carbocycles. The van der Waals surface area contributed by atoms with Gasteiger partial charge in [0.1, 0.15) is 11.6 Å². The molecule has 1 aliphatic rings. The van der Waals surface area contributed by atoms with Crippen molar-refractivity contribution in [2.75, 3.05) is 14.2 Å². The second-order valence-electron chi connectivity index (χ2n) is 5.65. The van der Waals surface area contributed by atoms with Crippen LogP contribution in [0.2, 0.25) is 0 Å². The summed E-state index contributed by atoms with van der Waals surface area (Å²) >= 11 is 0. The van der Waals surface area contributed by atoms with Crippen LogP contribution in [0.5, 0.6) is 0 Å². The van der Waals surface area contributed by atoms with E-state index < -0.39 is 29.5 Å². The van der Waals surface area contributed by atoms with Crippen LogP contribution in [0.15, 0.2) is 40.5 Å². The Hall–Kier alpha value is -2.50. The molecule has 0 N–H and O–H groups in total. The van der Waals surface area contributed by atoms with E-state index in [-0.39, 0.29) is 16.7 Å². The van der Waals surface area contributed by atoms with Crippen molar-refractivity contribution in [3.63, 3.8) is 0 Å². The lowest BCUT2D eigenvalue weighted by Crippen LogP contribution is -2.26. The van der Waals surface area contributed by atoms with Gasteiger partial charge in [-0.3, -0.25) is 0 Å². The normalized spacial score (nSPS) is 15.6.